The Labute approximate surface area is 99.7 Å². The van der Waals surface area contributed by atoms with Crippen LogP contribution in [-0.2, 0) is 16.1 Å². The second-order valence-electron chi connectivity index (χ2n) is 4.56. The van der Waals surface area contributed by atoms with Crippen molar-refractivity contribution in [1.82, 2.24) is 4.90 Å². The molecule has 0 saturated carbocycles. The van der Waals surface area contributed by atoms with Crippen molar-refractivity contribution in [3.8, 4) is 0 Å². The van der Waals surface area contributed by atoms with Crippen LogP contribution in [0.25, 0.3) is 0 Å². The minimum absolute atomic E-state index is 0.0842. The maximum Gasteiger partial charge on any atom is 0.231 e. The van der Waals surface area contributed by atoms with Gasteiger partial charge in [-0.15, -0.1) is 0 Å². The molecule has 1 fully saturated rings. The molecule has 2 atom stereocenters. The van der Waals surface area contributed by atoms with Crippen molar-refractivity contribution in [3.05, 3.63) is 48.0 Å². The van der Waals surface area contributed by atoms with Crippen LogP contribution in [0.3, 0.4) is 0 Å². The van der Waals surface area contributed by atoms with E-state index in [0.717, 1.165) is 5.56 Å². The molecular weight excluding hydrogens is 214 g/mol. The number of benzene rings is 1. The number of ketones is 1. The molecule has 1 aromatic carbocycles. The van der Waals surface area contributed by atoms with Gasteiger partial charge in [-0.3, -0.25) is 9.59 Å². The molecule has 4 rings (SSSR count). The zero-order valence-corrected chi connectivity index (χ0v) is 9.37. The normalized spacial score (nSPS) is 26.7. The fourth-order valence-corrected chi connectivity index (χ4v) is 2.51. The molecule has 0 spiro atoms. The second kappa shape index (κ2) is 3.84. The number of amides is 1. The van der Waals surface area contributed by atoms with Crippen LogP contribution < -0.4 is 0 Å². The smallest absolute Gasteiger partial charge is 0.231 e. The van der Waals surface area contributed by atoms with E-state index < -0.39 is 0 Å². The average molecular weight is 227 g/mol. The van der Waals surface area contributed by atoms with Gasteiger partial charge in [0.1, 0.15) is 6.04 Å². The van der Waals surface area contributed by atoms with Crippen LogP contribution in [0.4, 0.5) is 0 Å². The van der Waals surface area contributed by atoms with E-state index in [2.05, 4.69) is 0 Å². The van der Waals surface area contributed by atoms with Gasteiger partial charge in [-0.1, -0.05) is 42.5 Å². The van der Waals surface area contributed by atoms with Crippen molar-refractivity contribution in [1.29, 1.82) is 0 Å². The molecule has 3 aliphatic rings. The van der Waals surface area contributed by atoms with E-state index in [1.54, 1.807) is 4.90 Å². The van der Waals surface area contributed by atoms with Crippen molar-refractivity contribution in [2.24, 2.45) is 5.92 Å². The van der Waals surface area contributed by atoms with E-state index in [0.29, 0.717) is 13.0 Å². The summed E-state index contributed by atoms with van der Waals surface area (Å²) >= 11 is 0. The molecule has 0 aromatic heterocycles. The first-order valence-corrected chi connectivity index (χ1v) is 5.81. The summed E-state index contributed by atoms with van der Waals surface area (Å²) in [6, 6.07) is 9.44. The van der Waals surface area contributed by atoms with E-state index in [9.17, 15) is 9.59 Å². The zero-order valence-electron chi connectivity index (χ0n) is 9.37. The monoisotopic (exact) mass is 227 g/mol. The molecule has 1 amide bonds. The average Bonchev–Trinajstić information content (AvgIpc) is 2.35. The lowest BCUT2D eigenvalue weighted by Crippen LogP contribution is -2.53. The van der Waals surface area contributed by atoms with Gasteiger partial charge in [-0.2, -0.15) is 0 Å². The summed E-state index contributed by atoms with van der Waals surface area (Å²) in [6.07, 6.45) is 4.11. The molecule has 2 aliphatic heterocycles. The number of hydrogen-bond donors (Lipinski definition) is 0. The zero-order chi connectivity index (χ0) is 11.8. The van der Waals surface area contributed by atoms with E-state index in [4.69, 9.17) is 0 Å². The van der Waals surface area contributed by atoms with E-state index in [1.165, 1.54) is 0 Å². The molecule has 1 saturated heterocycles. The Bertz CT molecular complexity index is 492. The highest BCUT2D eigenvalue weighted by Gasteiger charge is 2.41. The lowest BCUT2D eigenvalue weighted by Gasteiger charge is -2.39. The summed E-state index contributed by atoms with van der Waals surface area (Å²) in [7, 11) is 0. The first-order chi connectivity index (χ1) is 8.25. The molecule has 17 heavy (non-hydrogen) atoms. The standard InChI is InChI=1S/C14H13NO2/c16-13-8-11-6-7-12(13)15(14(11)17)9-10-4-2-1-3-5-10/h1-7,11-12H,8-9H2/t11-,12+/m1/s1. The SMILES string of the molecule is O=C1C[C@H]2C=C[C@@H]1N(Cc1ccccc1)C2=O. The van der Waals surface area contributed by atoms with E-state index >= 15 is 0 Å². The molecule has 0 radical (unpaired) electrons. The number of hydrogen-bond acceptors (Lipinski definition) is 2. The van der Waals surface area contributed by atoms with Gasteiger partial charge in [0.15, 0.2) is 5.78 Å². The summed E-state index contributed by atoms with van der Waals surface area (Å²) < 4.78 is 0. The minimum Gasteiger partial charge on any atom is -0.324 e. The summed E-state index contributed by atoms with van der Waals surface area (Å²) in [5.41, 5.74) is 1.06. The van der Waals surface area contributed by atoms with Crippen LogP contribution in [0, 0.1) is 5.92 Å². The fourth-order valence-electron chi connectivity index (χ4n) is 2.51. The van der Waals surface area contributed by atoms with Gasteiger partial charge in [-0.05, 0) is 5.56 Å². The Morgan fingerprint density at radius 2 is 1.88 bits per heavy atom. The number of rotatable bonds is 2. The first-order valence-electron chi connectivity index (χ1n) is 5.81. The molecule has 86 valence electrons. The van der Waals surface area contributed by atoms with Gasteiger partial charge >= 0.3 is 0 Å². The van der Waals surface area contributed by atoms with Crippen molar-refractivity contribution < 1.29 is 9.59 Å². The molecule has 3 heteroatoms. The Kier molecular flexibility index (Phi) is 2.32. The highest BCUT2D eigenvalue weighted by molar-refractivity contribution is 6.00. The van der Waals surface area contributed by atoms with Crippen molar-refractivity contribution in [3.63, 3.8) is 0 Å². The maximum atomic E-state index is 12.1. The van der Waals surface area contributed by atoms with E-state index in [-0.39, 0.29) is 23.7 Å². The van der Waals surface area contributed by atoms with Gasteiger partial charge in [-0.25, -0.2) is 0 Å². The van der Waals surface area contributed by atoms with Gasteiger partial charge in [0.2, 0.25) is 5.91 Å². The third-order valence-electron chi connectivity index (χ3n) is 3.41. The van der Waals surface area contributed by atoms with Crippen molar-refractivity contribution in [2.45, 2.75) is 19.0 Å². The van der Waals surface area contributed by atoms with Crippen LogP contribution in [0.2, 0.25) is 0 Å². The van der Waals surface area contributed by atoms with E-state index in [1.807, 2.05) is 42.5 Å². The van der Waals surface area contributed by atoms with Gasteiger partial charge in [0, 0.05) is 13.0 Å². The van der Waals surface area contributed by atoms with Crippen molar-refractivity contribution in [2.75, 3.05) is 0 Å². The van der Waals surface area contributed by atoms with Crippen LogP contribution in [-0.4, -0.2) is 22.6 Å². The molecule has 3 nitrogen and oxygen atoms in total. The number of Topliss-reactive ketones (excluding diaryl/α,β-unsaturated/α-hetero) is 1. The van der Waals surface area contributed by atoms with Crippen molar-refractivity contribution >= 4 is 11.7 Å². The van der Waals surface area contributed by atoms with Gasteiger partial charge in [0.05, 0.1) is 5.92 Å². The molecule has 2 bridgehead atoms. The Balaban J connectivity index is 1.87. The topological polar surface area (TPSA) is 37.4 Å². The first kappa shape index (κ1) is 10.3. The van der Waals surface area contributed by atoms with Crippen LogP contribution in [0.5, 0.6) is 0 Å². The van der Waals surface area contributed by atoms with Crippen LogP contribution in [0.1, 0.15) is 12.0 Å². The van der Waals surface area contributed by atoms with Gasteiger partial charge < -0.3 is 4.90 Å². The second-order valence-corrected chi connectivity index (χ2v) is 4.56. The minimum atomic E-state index is -0.340. The Morgan fingerprint density at radius 1 is 1.12 bits per heavy atom. The lowest BCUT2D eigenvalue weighted by molar-refractivity contribution is -0.148. The Morgan fingerprint density at radius 3 is 2.59 bits per heavy atom. The number of piperidine rings is 1. The maximum absolute atomic E-state index is 12.1. The fraction of sp³-hybridized carbons (Fsp3) is 0.286. The number of carbonyl (C=O) groups excluding carboxylic acids is 2. The molecular formula is C14H13NO2. The predicted molar refractivity (Wildman–Crippen MR) is 63.0 cm³/mol. The Hall–Kier alpha value is -1.90. The largest absolute Gasteiger partial charge is 0.324 e. The quantitative estimate of drug-likeness (QED) is 0.719. The third kappa shape index (κ3) is 1.68. The molecule has 1 aliphatic carbocycles. The highest BCUT2D eigenvalue weighted by Crippen LogP contribution is 2.29. The molecule has 0 unspecified atom stereocenters. The summed E-state index contributed by atoms with van der Waals surface area (Å²) in [5.74, 6) is 0.0187. The summed E-state index contributed by atoms with van der Waals surface area (Å²) in [6.45, 7) is 0.525. The molecule has 1 aromatic rings. The molecule has 2 heterocycles. The molecule has 0 N–H and O–H groups in total. The third-order valence-corrected chi connectivity index (χ3v) is 3.41. The van der Waals surface area contributed by atoms with Gasteiger partial charge in [0.25, 0.3) is 0 Å². The van der Waals surface area contributed by atoms with Crippen LogP contribution >= 0.6 is 0 Å². The highest BCUT2D eigenvalue weighted by atomic mass is 16.2. The predicted octanol–water partition coefficient (Wildman–Crippen LogP) is 1.54. The number of fused-ring (bicyclic) bond motifs is 2. The number of nitrogens with zero attached hydrogens (tertiary/aromatic N) is 1. The number of carbonyl (C=O) groups is 2. The summed E-state index contributed by atoms with van der Waals surface area (Å²) in [5, 5.41) is 0. The lowest BCUT2D eigenvalue weighted by atomic mass is 9.84. The summed E-state index contributed by atoms with van der Waals surface area (Å²) in [4.78, 5) is 25.5. The van der Waals surface area contributed by atoms with Crippen LogP contribution in [0.15, 0.2) is 42.5 Å².